The summed E-state index contributed by atoms with van der Waals surface area (Å²) in [6.45, 7) is 3.86. The number of aromatic nitrogens is 1. The van der Waals surface area contributed by atoms with Crippen LogP contribution in [0.25, 0.3) is 10.6 Å². The third kappa shape index (κ3) is 5.26. The predicted molar refractivity (Wildman–Crippen MR) is 110 cm³/mol. The minimum absolute atomic E-state index is 0.252. The molecular formula is C22H21FN2O3S. The van der Waals surface area contributed by atoms with Crippen LogP contribution in [0, 0.1) is 12.7 Å². The van der Waals surface area contributed by atoms with Crippen molar-refractivity contribution in [3.05, 3.63) is 76.5 Å². The highest BCUT2D eigenvalue weighted by molar-refractivity contribution is 7.17. The lowest BCUT2D eigenvalue weighted by molar-refractivity contribution is -0.134. The number of aryl methyl sites for hydroxylation is 1. The van der Waals surface area contributed by atoms with Gasteiger partial charge < -0.3 is 9.64 Å². The van der Waals surface area contributed by atoms with E-state index in [4.69, 9.17) is 4.74 Å². The van der Waals surface area contributed by atoms with Crippen LogP contribution in [0.15, 0.2) is 54.6 Å². The molecule has 0 fully saturated rings. The lowest BCUT2D eigenvalue weighted by Crippen LogP contribution is -2.34. The van der Waals surface area contributed by atoms with Crippen molar-refractivity contribution in [1.82, 2.24) is 9.88 Å². The highest BCUT2D eigenvalue weighted by Crippen LogP contribution is 2.28. The fraction of sp³-hybridized carbons (Fsp3) is 0.227. The predicted octanol–water partition coefficient (Wildman–Crippen LogP) is 4.46. The Labute approximate surface area is 172 Å². The van der Waals surface area contributed by atoms with Gasteiger partial charge >= 0.3 is 5.97 Å². The van der Waals surface area contributed by atoms with Crippen molar-refractivity contribution in [2.24, 2.45) is 0 Å². The number of benzene rings is 2. The number of carbonyl (C=O) groups is 2. The Morgan fingerprint density at radius 2 is 1.90 bits per heavy atom. The van der Waals surface area contributed by atoms with Gasteiger partial charge in [0.25, 0.3) is 5.91 Å². The SMILES string of the molecule is CCN(Cc1cccc(F)c1)C(=O)COC(=O)c1sc(-c2ccccc2)nc1C. The van der Waals surface area contributed by atoms with Gasteiger partial charge in [0.2, 0.25) is 0 Å². The Bertz CT molecular complexity index is 1000. The summed E-state index contributed by atoms with van der Waals surface area (Å²) in [7, 11) is 0. The molecule has 29 heavy (non-hydrogen) atoms. The molecule has 0 bridgehead atoms. The smallest absolute Gasteiger partial charge is 0.350 e. The van der Waals surface area contributed by atoms with E-state index in [2.05, 4.69) is 4.98 Å². The summed E-state index contributed by atoms with van der Waals surface area (Å²) in [5, 5.41) is 0.725. The highest BCUT2D eigenvalue weighted by Gasteiger charge is 2.20. The topological polar surface area (TPSA) is 59.5 Å². The van der Waals surface area contributed by atoms with Crippen molar-refractivity contribution < 1.29 is 18.7 Å². The van der Waals surface area contributed by atoms with Crippen molar-refractivity contribution in [3.8, 4) is 10.6 Å². The van der Waals surface area contributed by atoms with E-state index < -0.39 is 5.97 Å². The lowest BCUT2D eigenvalue weighted by Gasteiger charge is -2.20. The van der Waals surface area contributed by atoms with Gasteiger partial charge in [0.15, 0.2) is 6.61 Å². The zero-order valence-electron chi connectivity index (χ0n) is 16.2. The zero-order valence-corrected chi connectivity index (χ0v) is 17.0. The maximum absolute atomic E-state index is 13.3. The summed E-state index contributed by atoms with van der Waals surface area (Å²) in [5.74, 6) is -1.26. The first kappa shape index (κ1) is 20.7. The van der Waals surface area contributed by atoms with Crippen LogP contribution >= 0.6 is 11.3 Å². The van der Waals surface area contributed by atoms with Crippen LogP contribution in [-0.4, -0.2) is 34.9 Å². The Hall–Kier alpha value is -3.06. The number of halogens is 1. The molecule has 0 aliphatic rings. The Kier molecular flexibility index (Phi) is 6.72. The van der Waals surface area contributed by atoms with Gasteiger partial charge in [0.1, 0.15) is 15.7 Å². The molecule has 0 unspecified atom stereocenters. The number of amides is 1. The van der Waals surface area contributed by atoms with Crippen molar-refractivity contribution >= 4 is 23.2 Å². The molecule has 1 aromatic heterocycles. The number of ether oxygens (including phenoxy) is 1. The number of thiazole rings is 1. The normalized spacial score (nSPS) is 10.6. The number of carbonyl (C=O) groups excluding carboxylic acids is 2. The van der Waals surface area contributed by atoms with Crippen molar-refractivity contribution in [1.29, 1.82) is 0 Å². The molecule has 0 radical (unpaired) electrons. The number of nitrogens with zero attached hydrogens (tertiary/aromatic N) is 2. The molecule has 2 aromatic carbocycles. The molecule has 3 rings (SSSR count). The molecule has 1 heterocycles. The van der Waals surface area contributed by atoms with E-state index >= 15 is 0 Å². The maximum atomic E-state index is 13.3. The molecule has 3 aromatic rings. The fourth-order valence-electron chi connectivity index (χ4n) is 2.81. The molecule has 0 N–H and O–H groups in total. The van der Waals surface area contributed by atoms with Gasteiger partial charge in [-0.1, -0.05) is 42.5 Å². The van der Waals surface area contributed by atoms with Gasteiger partial charge in [0, 0.05) is 18.7 Å². The third-order valence-electron chi connectivity index (χ3n) is 4.33. The second-order valence-corrected chi connectivity index (χ2v) is 7.41. The summed E-state index contributed by atoms with van der Waals surface area (Å²) >= 11 is 1.24. The van der Waals surface area contributed by atoms with Gasteiger partial charge in [0.05, 0.1) is 5.69 Å². The van der Waals surface area contributed by atoms with E-state index in [9.17, 15) is 14.0 Å². The monoisotopic (exact) mass is 412 g/mol. The van der Waals surface area contributed by atoms with Gasteiger partial charge in [-0.3, -0.25) is 4.79 Å². The minimum atomic E-state index is -0.572. The number of rotatable bonds is 7. The van der Waals surface area contributed by atoms with Gasteiger partial charge in [-0.05, 0) is 31.5 Å². The lowest BCUT2D eigenvalue weighted by atomic mass is 10.2. The summed E-state index contributed by atoms with van der Waals surface area (Å²) in [6, 6.07) is 15.6. The number of hydrogen-bond donors (Lipinski definition) is 0. The maximum Gasteiger partial charge on any atom is 0.350 e. The molecule has 0 spiro atoms. The van der Waals surface area contributed by atoms with Crippen LogP contribution in [0.1, 0.15) is 27.9 Å². The molecule has 1 amide bonds. The van der Waals surface area contributed by atoms with E-state index in [1.807, 2.05) is 37.3 Å². The summed E-state index contributed by atoms with van der Waals surface area (Å²) < 4.78 is 18.6. The average Bonchev–Trinajstić information content (AvgIpc) is 3.12. The average molecular weight is 412 g/mol. The van der Waals surface area contributed by atoms with E-state index in [0.29, 0.717) is 22.7 Å². The van der Waals surface area contributed by atoms with Crippen molar-refractivity contribution in [2.45, 2.75) is 20.4 Å². The number of likely N-dealkylation sites (N-methyl/N-ethyl adjacent to an activating group) is 1. The fourth-order valence-corrected chi connectivity index (χ4v) is 3.77. The number of esters is 1. The quantitative estimate of drug-likeness (QED) is 0.538. The molecular weight excluding hydrogens is 391 g/mol. The summed E-state index contributed by atoms with van der Waals surface area (Å²) in [4.78, 5) is 31.2. The second-order valence-electron chi connectivity index (χ2n) is 6.41. The first-order valence-electron chi connectivity index (χ1n) is 9.20. The van der Waals surface area contributed by atoms with Crippen LogP contribution in [0.2, 0.25) is 0 Å². The molecule has 0 saturated carbocycles. The zero-order chi connectivity index (χ0) is 20.8. The molecule has 0 aliphatic carbocycles. The van der Waals surface area contributed by atoms with Crippen LogP contribution in [0.3, 0.4) is 0 Å². The Morgan fingerprint density at radius 3 is 2.59 bits per heavy atom. The van der Waals surface area contributed by atoms with E-state index in [1.165, 1.54) is 28.4 Å². The van der Waals surface area contributed by atoms with Crippen molar-refractivity contribution in [2.75, 3.05) is 13.2 Å². The van der Waals surface area contributed by atoms with Crippen LogP contribution < -0.4 is 0 Å². The Morgan fingerprint density at radius 1 is 1.14 bits per heavy atom. The van der Waals surface area contributed by atoms with E-state index in [1.54, 1.807) is 19.1 Å². The van der Waals surface area contributed by atoms with Crippen LogP contribution in [0.5, 0.6) is 0 Å². The minimum Gasteiger partial charge on any atom is -0.451 e. The van der Waals surface area contributed by atoms with Crippen molar-refractivity contribution in [3.63, 3.8) is 0 Å². The third-order valence-corrected chi connectivity index (χ3v) is 5.51. The first-order chi connectivity index (χ1) is 14.0. The van der Waals surface area contributed by atoms with Gasteiger partial charge in [-0.2, -0.15) is 0 Å². The molecule has 7 heteroatoms. The van der Waals surface area contributed by atoms with E-state index in [-0.39, 0.29) is 24.9 Å². The highest BCUT2D eigenvalue weighted by atomic mass is 32.1. The largest absolute Gasteiger partial charge is 0.451 e. The molecule has 0 atom stereocenters. The van der Waals surface area contributed by atoms with E-state index in [0.717, 1.165) is 10.6 Å². The Balaban J connectivity index is 1.62. The molecule has 0 saturated heterocycles. The van der Waals surface area contributed by atoms with Crippen LogP contribution in [0.4, 0.5) is 4.39 Å². The molecule has 5 nitrogen and oxygen atoms in total. The standard InChI is InChI=1S/C22H21FN2O3S/c1-3-25(13-16-8-7-11-18(23)12-16)19(26)14-28-22(27)20-15(2)24-21(29-20)17-9-5-4-6-10-17/h4-12H,3,13-14H2,1-2H3. The number of hydrogen-bond acceptors (Lipinski definition) is 5. The second kappa shape index (κ2) is 9.43. The molecule has 150 valence electrons. The first-order valence-corrected chi connectivity index (χ1v) is 10.0. The summed E-state index contributed by atoms with van der Waals surface area (Å²) in [5.41, 5.74) is 2.17. The summed E-state index contributed by atoms with van der Waals surface area (Å²) in [6.07, 6.45) is 0. The van der Waals surface area contributed by atoms with Crippen LogP contribution in [-0.2, 0) is 16.1 Å². The van der Waals surface area contributed by atoms with Gasteiger partial charge in [-0.25, -0.2) is 14.2 Å². The van der Waals surface area contributed by atoms with Gasteiger partial charge in [-0.15, -0.1) is 11.3 Å². The molecule has 0 aliphatic heterocycles.